The van der Waals surface area contributed by atoms with Gasteiger partial charge in [-0.15, -0.1) is 0 Å². The summed E-state index contributed by atoms with van der Waals surface area (Å²) in [7, 11) is 6.94. The van der Waals surface area contributed by atoms with E-state index in [2.05, 4.69) is 10.3 Å². The number of hydrogen-bond acceptors (Lipinski definition) is 7. The number of ether oxygens (including phenoxy) is 3. The normalized spacial score (nSPS) is 9.88. The van der Waals surface area contributed by atoms with Crippen molar-refractivity contribution >= 4 is 17.9 Å². The number of methoxy groups -OCH3 is 3. The van der Waals surface area contributed by atoms with Gasteiger partial charge in [-0.05, 0) is 36.4 Å². The average molecular weight is 443 g/mol. The number of nitrogens with zero attached hydrogens (tertiary/aromatic N) is 2. The Bertz CT molecular complexity index is 1050. The van der Waals surface area contributed by atoms with Crippen LogP contribution in [0.5, 0.6) is 17.2 Å². The molecule has 0 amide bonds. The fourth-order valence-corrected chi connectivity index (χ4v) is 2.78. The Kier molecular flexibility index (Phi) is 8.46. The van der Waals surface area contributed by atoms with Crippen LogP contribution in [0.25, 0.3) is 11.3 Å². The van der Waals surface area contributed by atoms with E-state index in [9.17, 15) is 0 Å². The second-order valence-corrected chi connectivity index (χ2v) is 6.40. The van der Waals surface area contributed by atoms with E-state index in [1.807, 2.05) is 60.3 Å². The number of hydrogen-bond donors (Lipinski definition) is 3. The minimum Gasteiger partial charge on any atom is -0.497 e. The van der Waals surface area contributed by atoms with Crippen LogP contribution in [0.3, 0.4) is 0 Å². The molecule has 10 heteroatoms. The summed E-state index contributed by atoms with van der Waals surface area (Å²) in [6, 6.07) is 13.7. The molecule has 0 radical (unpaired) electrons. The lowest BCUT2D eigenvalue weighted by molar-refractivity contribution is -0.159. The van der Waals surface area contributed by atoms with Gasteiger partial charge in [0, 0.05) is 30.8 Å². The largest absolute Gasteiger partial charge is 0.497 e. The lowest BCUT2D eigenvalue weighted by Crippen LogP contribution is -2.09. The van der Waals surface area contributed by atoms with E-state index in [0.717, 1.165) is 40.0 Å². The van der Waals surface area contributed by atoms with Crippen molar-refractivity contribution in [2.24, 2.45) is 7.05 Å². The molecule has 0 bridgehead atoms. The molecule has 0 aliphatic carbocycles. The van der Waals surface area contributed by atoms with Crippen LogP contribution in [0.2, 0.25) is 0 Å². The Morgan fingerprint density at radius 1 is 0.938 bits per heavy atom. The molecule has 1 heterocycles. The van der Waals surface area contributed by atoms with Crippen molar-refractivity contribution < 1.29 is 34.0 Å². The molecule has 0 atom stereocenters. The summed E-state index contributed by atoms with van der Waals surface area (Å²) in [6.45, 7) is 0.597. The zero-order valence-electron chi connectivity index (χ0n) is 18.2. The third-order valence-electron chi connectivity index (χ3n) is 4.49. The standard InChI is InChI=1S/C20H23N3O3.C2H2O4/c1-23-18(14-5-8-16(24-2)9-6-14)13-22-20(23)21-12-15-7-10-17(25-3)11-19(15)26-4;3-1(4)2(5)6/h5-11,13H,12H2,1-4H3,(H,21,22);(H,3,4)(H,5,6). The molecule has 32 heavy (non-hydrogen) atoms. The van der Waals surface area contributed by atoms with Crippen LogP contribution in [0.15, 0.2) is 48.7 Å². The first-order chi connectivity index (χ1) is 15.3. The van der Waals surface area contributed by atoms with Gasteiger partial charge >= 0.3 is 11.9 Å². The lowest BCUT2D eigenvalue weighted by atomic mass is 10.1. The van der Waals surface area contributed by atoms with E-state index in [0.29, 0.717) is 6.54 Å². The summed E-state index contributed by atoms with van der Waals surface area (Å²) >= 11 is 0. The van der Waals surface area contributed by atoms with E-state index in [-0.39, 0.29) is 0 Å². The van der Waals surface area contributed by atoms with E-state index >= 15 is 0 Å². The van der Waals surface area contributed by atoms with Crippen molar-refractivity contribution in [2.45, 2.75) is 6.54 Å². The van der Waals surface area contributed by atoms with Crippen molar-refractivity contribution in [3.63, 3.8) is 0 Å². The first-order valence-electron chi connectivity index (χ1n) is 9.37. The Labute approximate surface area is 185 Å². The van der Waals surface area contributed by atoms with E-state index < -0.39 is 11.9 Å². The highest BCUT2D eigenvalue weighted by Crippen LogP contribution is 2.27. The van der Waals surface area contributed by atoms with E-state index in [1.54, 1.807) is 21.3 Å². The second-order valence-electron chi connectivity index (χ2n) is 6.40. The van der Waals surface area contributed by atoms with Gasteiger partial charge in [0.05, 0.1) is 33.2 Å². The van der Waals surface area contributed by atoms with Crippen LogP contribution < -0.4 is 19.5 Å². The number of nitrogens with one attached hydrogen (secondary N) is 1. The van der Waals surface area contributed by atoms with Gasteiger partial charge in [0.1, 0.15) is 17.2 Å². The monoisotopic (exact) mass is 443 g/mol. The summed E-state index contributed by atoms with van der Waals surface area (Å²) in [5.74, 6) is -0.481. The zero-order valence-corrected chi connectivity index (χ0v) is 18.2. The maximum Gasteiger partial charge on any atom is 0.414 e. The predicted octanol–water partition coefficient (Wildman–Crippen LogP) is 2.88. The SMILES string of the molecule is COc1ccc(-c2cnc(NCc3ccc(OC)cc3OC)n2C)cc1.O=C(O)C(=O)O. The minimum absolute atomic E-state index is 0.597. The predicted molar refractivity (Wildman–Crippen MR) is 117 cm³/mol. The fraction of sp³-hybridized carbons (Fsp3) is 0.227. The van der Waals surface area contributed by atoms with Crippen LogP contribution >= 0.6 is 0 Å². The molecule has 3 N–H and O–H groups in total. The first-order valence-corrected chi connectivity index (χ1v) is 9.37. The molecule has 3 aromatic rings. The molecule has 0 fully saturated rings. The third-order valence-corrected chi connectivity index (χ3v) is 4.49. The molecule has 0 saturated heterocycles. The zero-order chi connectivity index (χ0) is 23.7. The molecule has 0 spiro atoms. The molecule has 0 saturated carbocycles. The fourth-order valence-electron chi connectivity index (χ4n) is 2.78. The molecule has 2 aromatic carbocycles. The van der Waals surface area contributed by atoms with Gasteiger partial charge in [0.25, 0.3) is 0 Å². The number of aliphatic carboxylic acids is 2. The smallest absolute Gasteiger partial charge is 0.414 e. The van der Waals surface area contributed by atoms with Crippen LogP contribution in [0, 0.1) is 0 Å². The second kappa shape index (κ2) is 11.3. The summed E-state index contributed by atoms with van der Waals surface area (Å²) in [5, 5.41) is 18.1. The van der Waals surface area contributed by atoms with Crippen molar-refractivity contribution in [2.75, 3.05) is 26.6 Å². The first kappa shape index (κ1) is 24.1. The Hall–Kier alpha value is -4.21. The summed E-state index contributed by atoms with van der Waals surface area (Å²) < 4.78 is 17.9. The maximum atomic E-state index is 9.10. The number of rotatable bonds is 7. The Morgan fingerprint density at radius 2 is 1.53 bits per heavy atom. The quantitative estimate of drug-likeness (QED) is 0.472. The van der Waals surface area contributed by atoms with Gasteiger partial charge < -0.3 is 34.3 Å². The third kappa shape index (κ3) is 6.14. The summed E-state index contributed by atoms with van der Waals surface area (Å²) in [6.07, 6.45) is 1.86. The molecule has 0 unspecified atom stereocenters. The number of imidazole rings is 1. The van der Waals surface area contributed by atoms with Crippen molar-refractivity contribution in [3.05, 3.63) is 54.2 Å². The number of anilines is 1. The molecule has 3 rings (SSSR count). The molecule has 0 aliphatic rings. The van der Waals surface area contributed by atoms with Crippen LogP contribution in [0.4, 0.5) is 5.95 Å². The summed E-state index contributed by atoms with van der Waals surface area (Å²) in [5.41, 5.74) is 3.13. The molecular weight excluding hydrogens is 418 g/mol. The topological polar surface area (TPSA) is 132 Å². The van der Waals surface area contributed by atoms with Crippen LogP contribution in [0.1, 0.15) is 5.56 Å². The van der Waals surface area contributed by atoms with Gasteiger partial charge in [-0.3, -0.25) is 0 Å². The van der Waals surface area contributed by atoms with E-state index in [4.69, 9.17) is 34.0 Å². The Morgan fingerprint density at radius 3 is 2.06 bits per heavy atom. The van der Waals surface area contributed by atoms with Crippen molar-refractivity contribution in [3.8, 4) is 28.5 Å². The number of carbonyl (C=O) groups is 2. The van der Waals surface area contributed by atoms with Crippen molar-refractivity contribution in [1.29, 1.82) is 0 Å². The number of aromatic nitrogens is 2. The number of carboxylic acid groups (broad SMARTS) is 2. The van der Waals surface area contributed by atoms with Crippen LogP contribution in [-0.4, -0.2) is 53.0 Å². The van der Waals surface area contributed by atoms with Gasteiger partial charge in [-0.25, -0.2) is 14.6 Å². The molecule has 10 nitrogen and oxygen atoms in total. The minimum atomic E-state index is -1.82. The highest BCUT2D eigenvalue weighted by Gasteiger charge is 2.10. The van der Waals surface area contributed by atoms with Gasteiger partial charge in [-0.2, -0.15) is 0 Å². The lowest BCUT2D eigenvalue weighted by Gasteiger charge is -2.12. The highest BCUT2D eigenvalue weighted by atomic mass is 16.5. The summed E-state index contributed by atoms with van der Waals surface area (Å²) in [4.78, 5) is 22.7. The van der Waals surface area contributed by atoms with Gasteiger partial charge in [0.15, 0.2) is 0 Å². The number of benzene rings is 2. The number of carboxylic acids is 2. The van der Waals surface area contributed by atoms with Crippen molar-refractivity contribution in [1.82, 2.24) is 9.55 Å². The van der Waals surface area contributed by atoms with Crippen LogP contribution in [-0.2, 0) is 23.2 Å². The highest BCUT2D eigenvalue weighted by molar-refractivity contribution is 6.27. The van der Waals surface area contributed by atoms with Gasteiger partial charge in [0.2, 0.25) is 5.95 Å². The van der Waals surface area contributed by atoms with E-state index in [1.165, 1.54) is 0 Å². The average Bonchev–Trinajstić information content (AvgIpc) is 3.18. The molecule has 1 aromatic heterocycles. The molecule has 0 aliphatic heterocycles. The Balaban J connectivity index is 0.000000534. The maximum absolute atomic E-state index is 9.10. The molecule has 170 valence electrons. The molecular formula is C22H25N3O7. The van der Waals surface area contributed by atoms with Gasteiger partial charge in [-0.1, -0.05) is 0 Å².